The number of nitrogens with one attached hydrogen (secondary N) is 1. The minimum absolute atomic E-state index is 0.0967. The minimum Gasteiger partial charge on any atom is -0.508 e. The second-order valence-corrected chi connectivity index (χ2v) is 5.65. The first-order chi connectivity index (χ1) is 10.4. The van der Waals surface area contributed by atoms with Crippen molar-refractivity contribution in [2.24, 2.45) is 0 Å². The monoisotopic (exact) mass is 362 g/mol. The molecule has 0 radical (unpaired) electrons. The second kappa shape index (κ2) is 6.62. The normalized spacial score (nSPS) is 10.1. The lowest BCUT2D eigenvalue weighted by molar-refractivity contribution is -0.134. The van der Waals surface area contributed by atoms with Crippen LogP contribution >= 0.6 is 15.9 Å². The number of carbonyl (C=O) groups excluding carboxylic acids is 2. The van der Waals surface area contributed by atoms with Gasteiger partial charge in [-0.05, 0) is 55.0 Å². The van der Waals surface area contributed by atoms with Crippen molar-refractivity contribution < 1.29 is 14.7 Å². The molecule has 2 aromatic carbocycles. The van der Waals surface area contributed by atoms with Gasteiger partial charge in [0.2, 0.25) is 0 Å². The molecule has 5 nitrogen and oxygen atoms in total. The third-order valence-electron chi connectivity index (χ3n) is 3.15. The van der Waals surface area contributed by atoms with Crippen LogP contribution in [0.4, 0.5) is 11.4 Å². The number of phenols is 1. The van der Waals surface area contributed by atoms with Crippen molar-refractivity contribution in [1.82, 2.24) is 0 Å². The van der Waals surface area contributed by atoms with Gasteiger partial charge >= 0.3 is 11.8 Å². The number of rotatable bonds is 2. The molecular weight excluding hydrogens is 348 g/mol. The summed E-state index contributed by atoms with van der Waals surface area (Å²) in [4.78, 5) is 25.4. The molecule has 0 bridgehead atoms. The number of amides is 2. The summed E-state index contributed by atoms with van der Waals surface area (Å²) in [6.45, 7) is 1.89. The van der Waals surface area contributed by atoms with E-state index in [9.17, 15) is 14.7 Å². The zero-order valence-electron chi connectivity index (χ0n) is 12.1. The first kappa shape index (κ1) is 16.0. The maximum absolute atomic E-state index is 12.1. The minimum atomic E-state index is -0.725. The van der Waals surface area contributed by atoms with Crippen molar-refractivity contribution in [2.45, 2.75) is 6.92 Å². The van der Waals surface area contributed by atoms with Crippen molar-refractivity contribution in [3.63, 3.8) is 0 Å². The maximum Gasteiger partial charge on any atom is 0.316 e. The zero-order chi connectivity index (χ0) is 16.3. The predicted molar refractivity (Wildman–Crippen MR) is 89.0 cm³/mol. The van der Waals surface area contributed by atoms with E-state index in [-0.39, 0.29) is 5.75 Å². The highest BCUT2D eigenvalue weighted by molar-refractivity contribution is 9.10. The van der Waals surface area contributed by atoms with Gasteiger partial charge in [-0.25, -0.2) is 0 Å². The molecule has 0 aliphatic heterocycles. The Kier molecular flexibility index (Phi) is 4.82. The maximum atomic E-state index is 12.1. The molecule has 0 saturated heterocycles. The van der Waals surface area contributed by atoms with Crippen LogP contribution in [-0.4, -0.2) is 24.0 Å². The van der Waals surface area contributed by atoms with Crippen molar-refractivity contribution in [2.75, 3.05) is 17.3 Å². The number of phenolic OH excluding ortho intramolecular Hbond substituents is 1. The molecule has 0 heterocycles. The fourth-order valence-electron chi connectivity index (χ4n) is 1.85. The van der Waals surface area contributed by atoms with Crippen LogP contribution in [0.15, 0.2) is 46.9 Å². The number of aryl methyl sites for hydroxylation is 1. The third-order valence-corrected chi connectivity index (χ3v) is 4.04. The molecule has 2 aromatic rings. The molecular formula is C16H15BrN2O3. The van der Waals surface area contributed by atoms with Gasteiger partial charge in [-0.2, -0.15) is 0 Å². The van der Waals surface area contributed by atoms with E-state index < -0.39 is 11.8 Å². The van der Waals surface area contributed by atoms with Gasteiger partial charge in [-0.3, -0.25) is 9.59 Å². The van der Waals surface area contributed by atoms with Crippen LogP contribution in [0.3, 0.4) is 0 Å². The predicted octanol–water partition coefficient (Wildman–Crippen LogP) is 3.06. The largest absolute Gasteiger partial charge is 0.508 e. The number of carbonyl (C=O) groups is 2. The van der Waals surface area contributed by atoms with E-state index in [0.29, 0.717) is 11.4 Å². The van der Waals surface area contributed by atoms with E-state index in [2.05, 4.69) is 21.2 Å². The number of halogens is 1. The smallest absolute Gasteiger partial charge is 0.316 e. The fraction of sp³-hybridized carbons (Fsp3) is 0.125. The Morgan fingerprint density at radius 1 is 1.14 bits per heavy atom. The lowest BCUT2D eigenvalue weighted by atomic mass is 10.2. The zero-order valence-corrected chi connectivity index (χ0v) is 13.7. The van der Waals surface area contributed by atoms with Gasteiger partial charge in [0, 0.05) is 22.9 Å². The summed E-state index contributed by atoms with van der Waals surface area (Å²) >= 11 is 3.38. The number of nitrogens with zero attached hydrogens (tertiary/aromatic N) is 1. The molecule has 0 atom stereocenters. The summed E-state index contributed by atoms with van der Waals surface area (Å²) in [6.07, 6.45) is 0. The van der Waals surface area contributed by atoms with Crippen molar-refractivity contribution in [3.8, 4) is 5.75 Å². The summed E-state index contributed by atoms with van der Waals surface area (Å²) in [7, 11) is 1.50. The molecule has 2 amide bonds. The Labute approximate surface area is 136 Å². The van der Waals surface area contributed by atoms with E-state index in [1.165, 1.54) is 24.1 Å². The summed E-state index contributed by atoms with van der Waals surface area (Å²) in [5, 5.41) is 11.8. The molecule has 0 aliphatic rings. The van der Waals surface area contributed by atoms with Gasteiger partial charge < -0.3 is 15.3 Å². The highest BCUT2D eigenvalue weighted by atomic mass is 79.9. The average Bonchev–Trinajstić information content (AvgIpc) is 2.50. The second-order valence-electron chi connectivity index (χ2n) is 4.80. The fourth-order valence-corrected chi connectivity index (χ4v) is 2.10. The molecule has 0 fully saturated rings. The first-order valence-corrected chi connectivity index (χ1v) is 7.32. The molecule has 114 valence electrons. The van der Waals surface area contributed by atoms with Crippen LogP contribution in [0, 0.1) is 6.92 Å². The lowest BCUT2D eigenvalue weighted by Gasteiger charge is -2.17. The summed E-state index contributed by atoms with van der Waals surface area (Å²) in [5.74, 6) is -1.32. The molecule has 0 spiro atoms. The number of benzene rings is 2. The molecule has 2 N–H and O–H groups in total. The number of aromatic hydroxyl groups is 1. The Bertz CT molecular complexity index is 714. The van der Waals surface area contributed by atoms with Crippen LogP contribution < -0.4 is 10.2 Å². The first-order valence-electron chi connectivity index (χ1n) is 6.52. The standard InChI is InChI=1S/C16H15BrN2O3/c1-10-9-11(3-8-14(10)17)18-15(21)16(22)19(2)12-4-6-13(20)7-5-12/h3-9,20H,1-2H3,(H,18,21). The van der Waals surface area contributed by atoms with Gasteiger partial charge in [0.25, 0.3) is 0 Å². The van der Waals surface area contributed by atoms with E-state index in [1.807, 2.05) is 6.92 Å². The summed E-state index contributed by atoms with van der Waals surface area (Å²) in [5.41, 5.74) is 2.03. The van der Waals surface area contributed by atoms with E-state index in [0.717, 1.165) is 10.0 Å². The van der Waals surface area contributed by atoms with E-state index in [1.54, 1.807) is 30.3 Å². The lowest BCUT2D eigenvalue weighted by Crippen LogP contribution is -2.37. The molecule has 0 saturated carbocycles. The Hall–Kier alpha value is -2.34. The van der Waals surface area contributed by atoms with Crippen molar-refractivity contribution in [1.29, 1.82) is 0 Å². The Morgan fingerprint density at radius 2 is 1.77 bits per heavy atom. The van der Waals surface area contributed by atoms with Gasteiger partial charge in [0.05, 0.1) is 0 Å². The molecule has 0 aromatic heterocycles. The van der Waals surface area contributed by atoms with Gasteiger partial charge in [-0.1, -0.05) is 15.9 Å². The molecule has 0 unspecified atom stereocenters. The van der Waals surface area contributed by atoms with Crippen LogP contribution in [0.25, 0.3) is 0 Å². The highest BCUT2D eigenvalue weighted by Gasteiger charge is 2.20. The van der Waals surface area contributed by atoms with Gasteiger partial charge in [0.1, 0.15) is 5.75 Å². The molecule has 6 heteroatoms. The SMILES string of the molecule is Cc1cc(NC(=O)C(=O)N(C)c2ccc(O)cc2)ccc1Br. The van der Waals surface area contributed by atoms with Crippen LogP contribution in [0.2, 0.25) is 0 Å². The van der Waals surface area contributed by atoms with Gasteiger partial charge in [0.15, 0.2) is 0 Å². The molecule has 22 heavy (non-hydrogen) atoms. The van der Waals surface area contributed by atoms with Crippen molar-refractivity contribution >= 4 is 39.1 Å². The topological polar surface area (TPSA) is 69.6 Å². The van der Waals surface area contributed by atoms with Gasteiger partial charge in [-0.15, -0.1) is 0 Å². The van der Waals surface area contributed by atoms with E-state index in [4.69, 9.17) is 0 Å². The highest BCUT2D eigenvalue weighted by Crippen LogP contribution is 2.21. The van der Waals surface area contributed by atoms with Crippen LogP contribution in [0.5, 0.6) is 5.75 Å². The quantitative estimate of drug-likeness (QED) is 0.806. The number of anilines is 2. The number of hydrogen-bond acceptors (Lipinski definition) is 3. The third kappa shape index (κ3) is 3.65. The molecule has 2 rings (SSSR count). The van der Waals surface area contributed by atoms with Crippen molar-refractivity contribution in [3.05, 3.63) is 52.5 Å². The van der Waals surface area contributed by atoms with E-state index >= 15 is 0 Å². The van der Waals surface area contributed by atoms with Crippen LogP contribution in [0.1, 0.15) is 5.56 Å². The van der Waals surface area contributed by atoms with Crippen LogP contribution in [-0.2, 0) is 9.59 Å². The Morgan fingerprint density at radius 3 is 2.36 bits per heavy atom. The number of likely N-dealkylation sites (N-methyl/N-ethyl adjacent to an activating group) is 1. The number of hydrogen-bond donors (Lipinski definition) is 2. The average molecular weight is 363 g/mol. The summed E-state index contributed by atoms with van der Waals surface area (Å²) in [6, 6.07) is 11.3. The Balaban J connectivity index is 2.09. The summed E-state index contributed by atoms with van der Waals surface area (Å²) < 4.78 is 0.929. The molecule has 0 aliphatic carbocycles.